The average Bonchev–Trinajstić information content (AvgIpc) is 2.82. The Kier molecular flexibility index (Phi) is 5.81. The lowest BCUT2D eigenvalue weighted by atomic mass is 10.2. The van der Waals surface area contributed by atoms with Crippen LogP contribution in [0.25, 0.3) is 0 Å². The van der Waals surface area contributed by atoms with Crippen molar-refractivity contribution in [3.8, 4) is 0 Å². The molecule has 0 saturated carbocycles. The number of rotatable bonds is 5. The normalized spacial score (nSPS) is 19.8. The molecule has 0 unspecified atom stereocenters. The number of nitrogens with zero attached hydrogens (tertiary/aromatic N) is 1. The minimum absolute atomic E-state index is 0.00185. The van der Waals surface area contributed by atoms with E-state index in [1.807, 2.05) is 31.2 Å². The molecule has 1 heterocycles. The van der Waals surface area contributed by atoms with Crippen molar-refractivity contribution in [2.75, 3.05) is 23.4 Å². The maximum atomic E-state index is 11.7. The summed E-state index contributed by atoms with van der Waals surface area (Å²) in [5.74, 6) is 0.486. The smallest absolute Gasteiger partial charge is 0.173 e. The molecule has 0 radical (unpaired) electrons. The predicted octanol–water partition coefficient (Wildman–Crippen LogP) is 2.98. The summed E-state index contributed by atoms with van der Waals surface area (Å²) < 4.78 is 23.5. The standard InChI is InChI=1S/C16H24N2O2S2/c1-3-4-10-18(15-9-11-22(19,20)12-15)16(21)17-14-7-5-13(2)6-8-14/h5-8,15H,3-4,9-12H2,1-2H3,(H,17,21)/t15-/m0/s1. The van der Waals surface area contributed by atoms with Crippen molar-refractivity contribution in [2.45, 2.75) is 39.2 Å². The van der Waals surface area contributed by atoms with E-state index in [2.05, 4.69) is 17.1 Å². The molecule has 1 aliphatic rings. The summed E-state index contributed by atoms with van der Waals surface area (Å²) in [7, 11) is -2.91. The second kappa shape index (κ2) is 7.42. The minimum Gasteiger partial charge on any atom is -0.345 e. The Morgan fingerprint density at radius 1 is 1.36 bits per heavy atom. The fourth-order valence-electron chi connectivity index (χ4n) is 2.63. The summed E-state index contributed by atoms with van der Waals surface area (Å²) in [6.45, 7) is 4.97. The van der Waals surface area contributed by atoms with Gasteiger partial charge in [-0.2, -0.15) is 0 Å². The van der Waals surface area contributed by atoms with Gasteiger partial charge in [0.15, 0.2) is 14.9 Å². The number of benzene rings is 1. The third-order valence-electron chi connectivity index (χ3n) is 3.97. The third kappa shape index (κ3) is 4.68. The van der Waals surface area contributed by atoms with Crippen LogP contribution >= 0.6 is 12.2 Å². The lowest BCUT2D eigenvalue weighted by Crippen LogP contribution is -2.44. The fourth-order valence-corrected chi connectivity index (χ4v) is 4.72. The van der Waals surface area contributed by atoms with Gasteiger partial charge in [-0.3, -0.25) is 0 Å². The van der Waals surface area contributed by atoms with Crippen molar-refractivity contribution < 1.29 is 8.42 Å². The Labute approximate surface area is 138 Å². The molecule has 0 bridgehead atoms. The van der Waals surface area contributed by atoms with Gasteiger partial charge in [-0.1, -0.05) is 31.0 Å². The van der Waals surface area contributed by atoms with Crippen molar-refractivity contribution in [2.24, 2.45) is 0 Å². The van der Waals surface area contributed by atoms with E-state index in [0.29, 0.717) is 11.5 Å². The largest absolute Gasteiger partial charge is 0.345 e. The highest BCUT2D eigenvalue weighted by atomic mass is 32.2. The average molecular weight is 341 g/mol. The van der Waals surface area contributed by atoms with E-state index in [4.69, 9.17) is 12.2 Å². The zero-order valence-corrected chi connectivity index (χ0v) is 14.8. The Balaban J connectivity index is 2.07. The van der Waals surface area contributed by atoms with Crippen LogP contribution < -0.4 is 5.32 Å². The molecule has 1 saturated heterocycles. The molecule has 1 aliphatic heterocycles. The second-order valence-electron chi connectivity index (χ2n) is 5.90. The lowest BCUT2D eigenvalue weighted by Gasteiger charge is -2.31. The maximum Gasteiger partial charge on any atom is 0.173 e. The quantitative estimate of drug-likeness (QED) is 0.835. The number of hydrogen-bond donors (Lipinski definition) is 1. The van der Waals surface area contributed by atoms with Crippen LogP contribution in [0.3, 0.4) is 0 Å². The fraction of sp³-hybridized carbons (Fsp3) is 0.562. The number of thiocarbonyl (C=S) groups is 1. The molecule has 1 N–H and O–H groups in total. The molecule has 0 spiro atoms. The number of unbranched alkanes of at least 4 members (excludes halogenated alkanes) is 1. The zero-order chi connectivity index (χ0) is 16.2. The summed E-state index contributed by atoms with van der Waals surface area (Å²) in [6, 6.07) is 8.04. The van der Waals surface area contributed by atoms with E-state index in [9.17, 15) is 8.42 Å². The zero-order valence-electron chi connectivity index (χ0n) is 13.2. The molecule has 0 aliphatic carbocycles. The summed E-state index contributed by atoms with van der Waals surface area (Å²) >= 11 is 5.54. The van der Waals surface area contributed by atoms with Gasteiger partial charge in [0.05, 0.1) is 11.5 Å². The van der Waals surface area contributed by atoms with Gasteiger partial charge < -0.3 is 10.2 Å². The number of aryl methyl sites for hydroxylation is 1. The van der Waals surface area contributed by atoms with Crippen molar-refractivity contribution >= 4 is 32.9 Å². The monoisotopic (exact) mass is 340 g/mol. The Morgan fingerprint density at radius 3 is 2.59 bits per heavy atom. The van der Waals surface area contributed by atoms with Gasteiger partial charge in [0.2, 0.25) is 0 Å². The number of sulfone groups is 1. The molecule has 1 fully saturated rings. The van der Waals surface area contributed by atoms with Gasteiger partial charge in [-0.15, -0.1) is 0 Å². The van der Waals surface area contributed by atoms with Crippen LogP contribution in [0.15, 0.2) is 24.3 Å². The van der Waals surface area contributed by atoms with E-state index >= 15 is 0 Å². The molecule has 122 valence electrons. The van der Waals surface area contributed by atoms with Crippen LogP contribution in [0.2, 0.25) is 0 Å². The first-order chi connectivity index (χ1) is 10.4. The van der Waals surface area contributed by atoms with E-state index in [1.165, 1.54) is 5.56 Å². The molecule has 1 aromatic carbocycles. The highest BCUT2D eigenvalue weighted by molar-refractivity contribution is 7.91. The first-order valence-electron chi connectivity index (χ1n) is 7.76. The molecule has 2 rings (SSSR count). The van der Waals surface area contributed by atoms with Crippen LogP contribution in [-0.4, -0.2) is 42.5 Å². The molecule has 1 aromatic rings. The second-order valence-corrected chi connectivity index (χ2v) is 8.52. The predicted molar refractivity (Wildman–Crippen MR) is 96.1 cm³/mol. The summed E-state index contributed by atoms with van der Waals surface area (Å²) in [4.78, 5) is 2.06. The Bertz CT molecular complexity index is 612. The van der Waals surface area contributed by atoms with Gasteiger partial charge in [0.25, 0.3) is 0 Å². The molecule has 1 atom stereocenters. The highest BCUT2D eigenvalue weighted by Crippen LogP contribution is 2.20. The van der Waals surface area contributed by atoms with Gasteiger partial charge in [-0.25, -0.2) is 8.42 Å². The molecule has 22 heavy (non-hydrogen) atoms. The molecular formula is C16H24N2O2S2. The number of nitrogens with one attached hydrogen (secondary N) is 1. The van der Waals surface area contributed by atoms with E-state index < -0.39 is 9.84 Å². The van der Waals surface area contributed by atoms with Crippen molar-refractivity contribution in [1.29, 1.82) is 0 Å². The van der Waals surface area contributed by atoms with Crippen LogP contribution in [0.5, 0.6) is 0 Å². The Hall–Kier alpha value is -1.14. The van der Waals surface area contributed by atoms with E-state index in [0.717, 1.165) is 25.1 Å². The van der Waals surface area contributed by atoms with Gasteiger partial charge in [-0.05, 0) is 44.1 Å². The van der Waals surface area contributed by atoms with Crippen LogP contribution in [-0.2, 0) is 9.84 Å². The van der Waals surface area contributed by atoms with Gasteiger partial charge in [0, 0.05) is 18.3 Å². The topological polar surface area (TPSA) is 49.4 Å². The summed E-state index contributed by atoms with van der Waals surface area (Å²) in [5, 5.41) is 3.87. The van der Waals surface area contributed by atoms with Gasteiger partial charge in [0.1, 0.15) is 0 Å². The Morgan fingerprint density at radius 2 is 2.05 bits per heavy atom. The van der Waals surface area contributed by atoms with Crippen LogP contribution in [0.1, 0.15) is 31.7 Å². The molecule has 0 amide bonds. The van der Waals surface area contributed by atoms with E-state index in [-0.39, 0.29) is 17.5 Å². The number of anilines is 1. The first-order valence-corrected chi connectivity index (χ1v) is 9.99. The molecule has 0 aromatic heterocycles. The molecule has 6 heteroatoms. The minimum atomic E-state index is -2.91. The summed E-state index contributed by atoms with van der Waals surface area (Å²) in [6.07, 6.45) is 2.73. The van der Waals surface area contributed by atoms with Crippen LogP contribution in [0.4, 0.5) is 5.69 Å². The van der Waals surface area contributed by atoms with Crippen LogP contribution in [0, 0.1) is 6.92 Å². The van der Waals surface area contributed by atoms with Crippen molar-refractivity contribution in [3.05, 3.63) is 29.8 Å². The van der Waals surface area contributed by atoms with Crippen molar-refractivity contribution in [3.63, 3.8) is 0 Å². The SMILES string of the molecule is CCCCN(C(=S)Nc1ccc(C)cc1)[C@H]1CCS(=O)(=O)C1. The first kappa shape index (κ1) is 17.2. The molecular weight excluding hydrogens is 316 g/mol. The molecule has 4 nitrogen and oxygen atoms in total. The summed E-state index contributed by atoms with van der Waals surface area (Å²) in [5.41, 5.74) is 2.14. The lowest BCUT2D eigenvalue weighted by molar-refractivity contribution is 0.333. The van der Waals surface area contributed by atoms with E-state index in [1.54, 1.807) is 0 Å². The van der Waals surface area contributed by atoms with Gasteiger partial charge >= 0.3 is 0 Å². The third-order valence-corrected chi connectivity index (χ3v) is 6.05. The maximum absolute atomic E-state index is 11.7. The highest BCUT2D eigenvalue weighted by Gasteiger charge is 2.33. The van der Waals surface area contributed by atoms with Crippen molar-refractivity contribution in [1.82, 2.24) is 4.90 Å². The number of hydrogen-bond acceptors (Lipinski definition) is 3.